The molecular weight excluding hydrogens is 326 g/mol. The van der Waals surface area contributed by atoms with Crippen molar-refractivity contribution in [2.45, 2.75) is 6.18 Å². The Hall–Kier alpha value is -2.70. The number of aliphatic imine (C=N–C) groups is 1. The van der Waals surface area contributed by atoms with Crippen LogP contribution in [0.15, 0.2) is 53.5 Å². The minimum Gasteiger partial charge on any atom is -0.468 e. The van der Waals surface area contributed by atoms with Gasteiger partial charge in [0.05, 0.1) is 18.4 Å². The predicted octanol–water partition coefficient (Wildman–Crippen LogP) is 3.85. The third kappa shape index (κ3) is 4.41. The summed E-state index contributed by atoms with van der Waals surface area (Å²) in [6, 6.07) is 9.71. The van der Waals surface area contributed by atoms with E-state index in [9.17, 15) is 22.4 Å². The molecule has 0 aliphatic carbocycles. The van der Waals surface area contributed by atoms with Crippen molar-refractivity contribution in [3.63, 3.8) is 0 Å². The van der Waals surface area contributed by atoms with Crippen LogP contribution in [-0.4, -0.2) is 25.3 Å². The zero-order chi connectivity index (χ0) is 17.7. The van der Waals surface area contributed by atoms with Crippen molar-refractivity contribution in [3.05, 3.63) is 71.0 Å². The first-order valence-electron chi connectivity index (χ1n) is 6.86. The van der Waals surface area contributed by atoms with Crippen molar-refractivity contribution >= 4 is 11.7 Å². The summed E-state index contributed by atoms with van der Waals surface area (Å²) >= 11 is 0. The number of nitrogens with zero attached hydrogens (tertiary/aromatic N) is 1. The lowest BCUT2D eigenvalue weighted by molar-refractivity contribution is -0.139. The van der Waals surface area contributed by atoms with Crippen LogP contribution in [0.2, 0.25) is 0 Å². The number of rotatable bonds is 4. The summed E-state index contributed by atoms with van der Waals surface area (Å²) in [6.07, 6.45) is -4.52. The Morgan fingerprint density at radius 3 is 2.29 bits per heavy atom. The first-order chi connectivity index (χ1) is 11.3. The molecule has 2 aromatic carbocycles. The van der Waals surface area contributed by atoms with E-state index < -0.39 is 30.1 Å². The van der Waals surface area contributed by atoms with Crippen molar-refractivity contribution < 1.29 is 27.1 Å². The average molecular weight is 339 g/mol. The molecule has 0 fully saturated rings. The maximum absolute atomic E-state index is 13.5. The molecular formula is C17H13F4NO2. The second-order valence-electron chi connectivity index (χ2n) is 4.83. The smallest absolute Gasteiger partial charge is 0.416 e. The number of carbonyl (C=O) groups is 1. The van der Waals surface area contributed by atoms with E-state index in [1.807, 2.05) is 0 Å². The van der Waals surface area contributed by atoms with Crippen LogP contribution in [0.4, 0.5) is 17.6 Å². The molecule has 2 rings (SSSR count). The molecule has 0 saturated heterocycles. The van der Waals surface area contributed by atoms with Gasteiger partial charge in [-0.1, -0.05) is 24.3 Å². The molecule has 2 aromatic rings. The minimum atomic E-state index is -4.52. The highest BCUT2D eigenvalue weighted by molar-refractivity contribution is 6.13. The third-order valence-electron chi connectivity index (χ3n) is 3.16. The predicted molar refractivity (Wildman–Crippen MR) is 80.4 cm³/mol. The fourth-order valence-electron chi connectivity index (χ4n) is 2.04. The summed E-state index contributed by atoms with van der Waals surface area (Å²) in [5, 5.41) is 0. The van der Waals surface area contributed by atoms with Gasteiger partial charge in [-0.05, 0) is 24.3 Å². The lowest BCUT2D eigenvalue weighted by Gasteiger charge is -2.11. The molecule has 126 valence electrons. The Bertz CT molecular complexity index is 769. The Balaban J connectivity index is 2.52. The molecule has 0 saturated carbocycles. The van der Waals surface area contributed by atoms with Gasteiger partial charge in [-0.3, -0.25) is 9.79 Å². The number of esters is 1. The molecule has 0 aromatic heterocycles. The van der Waals surface area contributed by atoms with Gasteiger partial charge in [0.15, 0.2) is 0 Å². The third-order valence-corrected chi connectivity index (χ3v) is 3.16. The maximum atomic E-state index is 13.5. The van der Waals surface area contributed by atoms with Crippen LogP contribution in [0, 0.1) is 5.82 Å². The monoisotopic (exact) mass is 339 g/mol. The van der Waals surface area contributed by atoms with Crippen molar-refractivity contribution in [3.8, 4) is 0 Å². The van der Waals surface area contributed by atoms with Gasteiger partial charge in [-0.15, -0.1) is 0 Å². The molecule has 0 radical (unpaired) electrons. The zero-order valence-corrected chi connectivity index (χ0v) is 12.6. The van der Waals surface area contributed by atoms with Crippen LogP contribution < -0.4 is 0 Å². The molecule has 0 unspecified atom stereocenters. The largest absolute Gasteiger partial charge is 0.468 e. The van der Waals surface area contributed by atoms with E-state index in [4.69, 9.17) is 0 Å². The zero-order valence-electron chi connectivity index (χ0n) is 12.6. The number of benzene rings is 2. The van der Waals surface area contributed by atoms with Gasteiger partial charge in [0.1, 0.15) is 12.4 Å². The summed E-state index contributed by atoms with van der Waals surface area (Å²) < 4.78 is 56.6. The van der Waals surface area contributed by atoms with Crippen molar-refractivity contribution in [2.75, 3.05) is 13.7 Å². The van der Waals surface area contributed by atoms with Gasteiger partial charge in [-0.25, -0.2) is 4.39 Å². The van der Waals surface area contributed by atoms with Crippen LogP contribution >= 0.6 is 0 Å². The molecule has 0 N–H and O–H groups in total. The molecule has 0 atom stereocenters. The number of hydrogen-bond acceptors (Lipinski definition) is 3. The van der Waals surface area contributed by atoms with Gasteiger partial charge in [0.2, 0.25) is 0 Å². The first-order valence-corrected chi connectivity index (χ1v) is 6.86. The van der Waals surface area contributed by atoms with Gasteiger partial charge < -0.3 is 4.74 Å². The van der Waals surface area contributed by atoms with Gasteiger partial charge in [0, 0.05) is 11.1 Å². The molecule has 0 heterocycles. The van der Waals surface area contributed by atoms with Crippen molar-refractivity contribution in [2.24, 2.45) is 4.99 Å². The minimum absolute atomic E-state index is 0.0750. The number of halogens is 4. The summed E-state index contributed by atoms with van der Waals surface area (Å²) in [4.78, 5) is 15.3. The Morgan fingerprint density at radius 2 is 1.71 bits per heavy atom. The molecule has 0 aliphatic heterocycles. The van der Waals surface area contributed by atoms with Crippen LogP contribution in [0.25, 0.3) is 0 Å². The molecule has 7 heteroatoms. The molecule has 0 spiro atoms. The van der Waals surface area contributed by atoms with Crippen LogP contribution in [0.1, 0.15) is 16.7 Å². The lowest BCUT2D eigenvalue weighted by atomic mass is 10.00. The second kappa shape index (κ2) is 7.25. The fraction of sp³-hybridized carbons (Fsp3) is 0.176. The second-order valence-corrected chi connectivity index (χ2v) is 4.83. The highest BCUT2D eigenvalue weighted by Gasteiger charge is 2.30. The van der Waals surface area contributed by atoms with Gasteiger partial charge >= 0.3 is 12.1 Å². The fourth-order valence-corrected chi connectivity index (χ4v) is 2.04. The summed E-state index contributed by atoms with van der Waals surface area (Å²) in [5.74, 6) is -1.22. The molecule has 0 bridgehead atoms. The SMILES string of the molecule is COC(=O)CN=C(c1cccc(F)c1)c1cccc(C(F)(F)F)c1. The summed E-state index contributed by atoms with van der Waals surface area (Å²) in [6.45, 7) is -0.390. The number of hydrogen-bond donors (Lipinski definition) is 0. The molecule has 0 aliphatic rings. The van der Waals surface area contributed by atoms with Crippen LogP contribution in [0.5, 0.6) is 0 Å². The van der Waals surface area contributed by atoms with Crippen molar-refractivity contribution in [1.82, 2.24) is 0 Å². The standard InChI is InChI=1S/C17H13F4NO2/c1-24-15(23)10-22-16(12-5-3-7-14(18)9-12)11-4-2-6-13(8-11)17(19,20)21/h2-9H,10H2,1H3. The van der Waals surface area contributed by atoms with Crippen LogP contribution in [-0.2, 0) is 15.7 Å². The molecule has 3 nitrogen and oxygen atoms in total. The van der Waals surface area contributed by atoms with E-state index in [0.29, 0.717) is 0 Å². The highest BCUT2D eigenvalue weighted by Crippen LogP contribution is 2.30. The quantitative estimate of drug-likeness (QED) is 0.482. The highest BCUT2D eigenvalue weighted by atomic mass is 19.4. The van der Waals surface area contributed by atoms with Crippen LogP contribution in [0.3, 0.4) is 0 Å². The van der Waals surface area contributed by atoms with E-state index in [-0.39, 0.29) is 16.8 Å². The number of ether oxygens (including phenoxy) is 1. The molecule has 24 heavy (non-hydrogen) atoms. The van der Waals surface area contributed by atoms with Gasteiger partial charge in [0.25, 0.3) is 0 Å². The summed E-state index contributed by atoms with van der Waals surface area (Å²) in [5.41, 5.74) is -0.397. The van der Waals surface area contributed by atoms with E-state index in [2.05, 4.69) is 9.73 Å². The van der Waals surface area contributed by atoms with E-state index in [1.165, 1.54) is 37.4 Å². The van der Waals surface area contributed by atoms with E-state index in [1.54, 1.807) is 0 Å². The van der Waals surface area contributed by atoms with E-state index >= 15 is 0 Å². The Kier molecular flexibility index (Phi) is 5.33. The maximum Gasteiger partial charge on any atom is 0.416 e. The van der Waals surface area contributed by atoms with E-state index in [0.717, 1.165) is 18.2 Å². The number of carbonyl (C=O) groups excluding carboxylic acids is 1. The number of alkyl halides is 3. The van der Waals surface area contributed by atoms with Crippen molar-refractivity contribution in [1.29, 1.82) is 0 Å². The summed E-state index contributed by atoms with van der Waals surface area (Å²) in [7, 11) is 1.17. The van der Waals surface area contributed by atoms with Gasteiger partial charge in [-0.2, -0.15) is 13.2 Å². The average Bonchev–Trinajstić information content (AvgIpc) is 2.54. The Morgan fingerprint density at radius 1 is 1.08 bits per heavy atom. The normalized spacial score (nSPS) is 12.1. The topological polar surface area (TPSA) is 38.7 Å². The Labute approximate surface area is 135 Å². The first kappa shape index (κ1) is 17.7. The lowest BCUT2D eigenvalue weighted by Crippen LogP contribution is -2.12. The number of methoxy groups -OCH3 is 1. The molecule has 0 amide bonds.